The molecule has 0 heterocycles. The summed E-state index contributed by atoms with van der Waals surface area (Å²) in [6.07, 6.45) is -0.678. The molecular formula is C20H23O5P. The molecule has 0 bridgehead atoms. The molecule has 3 rings (SSSR count). The van der Waals surface area contributed by atoms with Crippen molar-refractivity contribution in [3.05, 3.63) is 60.7 Å². The first-order valence-corrected chi connectivity index (χ1v) is 10.3. The van der Waals surface area contributed by atoms with Gasteiger partial charge in [-0.25, -0.2) is 0 Å². The fourth-order valence-corrected chi connectivity index (χ4v) is 7.56. The zero-order chi connectivity index (χ0) is 18.7. The van der Waals surface area contributed by atoms with Crippen molar-refractivity contribution >= 4 is 23.7 Å². The predicted molar refractivity (Wildman–Crippen MR) is 101 cm³/mol. The van der Waals surface area contributed by atoms with Crippen LogP contribution in [0.4, 0.5) is 0 Å². The molecule has 1 aliphatic carbocycles. The van der Waals surface area contributed by atoms with Gasteiger partial charge >= 0.3 is 5.97 Å². The Kier molecular flexibility index (Phi) is 5.61. The van der Waals surface area contributed by atoms with Crippen LogP contribution in [-0.4, -0.2) is 43.2 Å². The minimum atomic E-state index is -3.22. The summed E-state index contributed by atoms with van der Waals surface area (Å²) in [4.78, 5) is 12.1. The fraction of sp³-hybridized carbons (Fsp3) is 0.350. The summed E-state index contributed by atoms with van der Waals surface area (Å²) < 4.78 is 25.4. The number of ether oxygens (including phenoxy) is 2. The summed E-state index contributed by atoms with van der Waals surface area (Å²) in [5, 5.41) is 11.2. The number of carboxylic acid groups (broad SMARTS) is 1. The topological polar surface area (TPSA) is 72.8 Å². The average molecular weight is 374 g/mol. The molecule has 0 amide bonds. The number of hydrogen-bond acceptors (Lipinski definition) is 4. The largest absolute Gasteiger partial charge is 0.481 e. The van der Waals surface area contributed by atoms with Crippen molar-refractivity contribution in [3.63, 3.8) is 0 Å². The first-order valence-electron chi connectivity index (χ1n) is 8.53. The van der Waals surface area contributed by atoms with Crippen LogP contribution in [0.5, 0.6) is 0 Å². The molecule has 1 aliphatic rings. The molecule has 2 aromatic rings. The molecule has 1 saturated carbocycles. The Balaban J connectivity index is 2.19. The standard InChI is InChI=1S/C20H23O5P/c1-24-16-13-17(18(20(21)22)19(16)25-2)26(23,14-9-5-3-6-10-14)15-11-7-4-8-12-15/h3-12,16-19H,13H2,1-2H3,(H,21,22)/t16-,17-,18+,19+/m0/s1. The van der Waals surface area contributed by atoms with E-state index in [1.165, 1.54) is 14.2 Å². The molecule has 0 aromatic heterocycles. The molecular weight excluding hydrogens is 351 g/mol. The Morgan fingerprint density at radius 2 is 1.46 bits per heavy atom. The van der Waals surface area contributed by atoms with Crippen LogP contribution in [0.1, 0.15) is 6.42 Å². The average Bonchev–Trinajstić information content (AvgIpc) is 3.08. The lowest BCUT2D eigenvalue weighted by atomic mass is 10.1. The zero-order valence-corrected chi connectivity index (χ0v) is 15.7. The van der Waals surface area contributed by atoms with Crippen molar-refractivity contribution in [2.24, 2.45) is 5.92 Å². The van der Waals surface area contributed by atoms with Crippen molar-refractivity contribution in [1.29, 1.82) is 0 Å². The van der Waals surface area contributed by atoms with E-state index in [1.807, 2.05) is 60.7 Å². The summed E-state index contributed by atoms with van der Waals surface area (Å²) in [5.41, 5.74) is -0.598. The van der Waals surface area contributed by atoms with Crippen LogP contribution in [0.3, 0.4) is 0 Å². The zero-order valence-electron chi connectivity index (χ0n) is 14.8. The van der Waals surface area contributed by atoms with Crippen molar-refractivity contribution in [3.8, 4) is 0 Å². The number of benzene rings is 2. The first kappa shape index (κ1) is 18.8. The molecule has 26 heavy (non-hydrogen) atoms. The molecule has 0 radical (unpaired) electrons. The monoisotopic (exact) mass is 374 g/mol. The lowest BCUT2D eigenvalue weighted by Crippen LogP contribution is -2.38. The highest BCUT2D eigenvalue weighted by molar-refractivity contribution is 7.79. The number of carbonyl (C=O) groups is 1. The van der Waals surface area contributed by atoms with E-state index < -0.39 is 36.9 Å². The summed E-state index contributed by atoms with van der Waals surface area (Å²) in [5.74, 6) is -1.91. The Hall–Kier alpha value is -1.94. The van der Waals surface area contributed by atoms with Gasteiger partial charge in [0.05, 0.1) is 18.1 Å². The summed E-state index contributed by atoms with van der Waals surface area (Å²) in [6.45, 7) is 0. The van der Waals surface area contributed by atoms with E-state index in [9.17, 15) is 14.5 Å². The van der Waals surface area contributed by atoms with Gasteiger partial charge < -0.3 is 19.1 Å². The lowest BCUT2D eigenvalue weighted by Gasteiger charge is -2.29. The van der Waals surface area contributed by atoms with Crippen LogP contribution in [-0.2, 0) is 18.8 Å². The van der Waals surface area contributed by atoms with Gasteiger partial charge in [0, 0.05) is 30.5 Å². The lowest BCUT2D eigenvalue weighted by molar-refractivity contribution is -0.147. The van der Waals surface area contributed by atoms with Crippen LogP contribution in [0.15, 0.2) is 60.7 Å². The van der Waals surface area contributed by atoms with Gasteiger partial charge in [-0.05, 0) is 6.42 Å². The molecule has 138 valence electrons. The highest BCUT2D eigenvalue weighted by atomic mass is 31.2. The van der Waals surface area contributed by atoms with E-state index in [-0.39, 0.29) is 0 Å². The van der Waals surface area contributed by atoms with Crippen molar-refractivity contribution in [2.45, 2.75) is 24.3 Å². The third kappa shape index (κ3) is 3.11. The Morgan fingerprint density at radius 1 is 0.962 bits per heavy atom. The second kappa shape index (κ2) is 7.75. The van der Waals surface area contributed by atoms with E-state index in [1.54, 1.807) is 0 Å². The van der Waals surface area contributed by atoms with Crippen LogP contribution in [0, 0.1) is 5.92 Å². The van der Waals surface area contributed by atoms with Crippen molar-refractivity contribution < 1.29 is 23.9 Å². The Labute approximate surface area is 153 Å². The quantitative estimate of drug-likeness (QED) is 0.787. The number of aliphatic carboxylic acids is 1. The maximum atomic E-state index is 14.5. The van der Waals surface area contributed by atoms with E-state index in [0.717, 1.165) is 0 Å². The molecule has 5 nitrogen and oxygen atoms in total. The van der Waals surface area contributed by atoms with Crippen LogP contribution >= 0.6 is 7.14 Å². The van der Waals surface area contributed by atoms with Crippen LogP contribution in [0.2, 0.25) is 0 Å². The normalized spacial score (nSPS) is 25.9. The van der Waals surface area contributed by atoms with Gasteiger partial charge in [0.1, 0.15) is 7.14 Å². The van der Waals surface area contributed by atoms with E-state index in [4.69, 9.17) is 9.47 Å². The highest BCUT2D eigenvalue weighted by Gasteiger charge is 2.55. The third-order valence-corrected chi connectivity index (χ3v) is 8.81. The molecule has 0 aliphatic heterocycles. The molecule has 6 heteroatoms. The minimum Gasteiger partial charge on any atom is -0.481 e. The minimum absolute atomic E-state index is 0.368. The number of methoxy groups -OCH3 is 2. The van der Waals surface area contributed by atoms with Gasteiger partial charge in [-0.15, -0.1) is 0 Å². The molecule has 0 saturated heterocycles. The number of rotatable bonds is 6. The molecule has 0 spiro atoms. The van der Waals surface area contributed by atoms with E-state index in [2.05, 4.69) is 0 Å². The van der Waals surface area contributed by atoms with Crippen LogP contribution in [0.25, 0.3) is 0 Å². The fourth-order valence-electron chi connectivity index (χ4n) is 4.01. The molecule has 1 fully saturated rings. The molecule has 0 unspecified atom stereocenters. The van der Waals surface area contributed by atoms with Gasteiger partial charge in [0.2, 0.25) is 0 Å². The van der Waals surface area contributed by atoms with E-state index >= 15 is 0 Å². The highest BCUT2D eigenvalue weighted by Crippen LogP contribution is 2.57. The summed E-state index contributed by atoms with van der Waals surface area (Å²) >= 11 is 0. The molecule has 1 N–H and O–H groups in total. The molecule has 4 atom stereocenters. The summed E-state index contributed by atoms with van der Waals surface area (Å²) in [6, 6.07) is 18.3. The summed E-state index contributed by atoms with van der Waals surface area (Å²) in [7, 11) is -0.211. The number of hydrogen-bond donors (Lipinski definition) is 1. The van der Waals surface area contributed by atoms with Crippen molar-refractivity contribution in [1.82, 2.24) is 0 Å². The third-order valence-electron chi connectivity index (χ3n) is 5.22. The second-order valence-electron chi connectivity index (χ2n) is 6.47. The number of carboxylic acids is 1. The smallest absolute Gasteiger partial charge is 0.310 e. The maximum absolute atomic E-state index is 14.5. The maximum Gasteiger partial charge on any atom is 0.310 e. The Morgan fingerprint density at radius 3 is 1.85 bits per heavy atom. The second-order valence-corrected chi connectivity index (χ2v) is 9.48. The van der Waals surface area contributed by atoms with E-state index in [0.29, 0.717) is 17.0 Å². The predicted octanol–water partition coefficient (Wildman–Crippen LogP) is 2.50. The van der Waals surface area contributed by atoms with Gasteiger partial charge in [0.25, 0.3) is 0 Å². The van der Waals surface area contributed by atoms with Crippen molar-refractivity contribution in [2.75, 3.05) is 14.2 Å². The van der Waals surface area contributed by atoms with Crippen LogP contribution < -0.4 is 10.6 Å². The van der Waals surface area contributed by atoms with Gasteiger partial charge in [-0.2, -0.15) is 0 Å². The van der Waals surface area contributed by atoms with Gasteiger partial charge in [-0.3, -0.25) is 4.79 Å². The molecule has 2 aromatic carbocycles. The van der Waals surface area contributed by atoms with Gasteiger partial charge in [-0.1, -0.05) is 60.7 Å². The SMILES string of the molecule is CO[C@H]1[C@H](C(=O)O)[C@@H](P(=O)(c2ccccc2)c2ccccc2)C[C@@H]1OC. The Bertz CT molecular complexity index is 749. The van der Waals surface area contributed by atoms with Gasteiger partial charge in [0.15, 0.2) is 0 Å². The first-order chi connectivity index (χ1) is 12.5.